The molecular formula is C17H34IN7S. The molecule has 26 heavy (non-hydrogen) atoms. The Hall–Kier alpha value is -0.680. The molecule has 1 aliphatic rings. The summed E-state index contributed by atoms with van der Waals surface area (Å²) in [4.78, 5) is 14.1. The lowest BCUT2D eigenvalue weighted by Crippen LogP contribution is -2.52. The molecule has 2 N–H and O–H groups in total. The second kappa shape index (κ2) is 11.2. The summed E-state index contributed by atoms with van der Waals surface area (Å²) in [5.74, 6) is 1.97. The Bertz CT molecular complexity index is 548. The number of anilines is 1. The fourth-order valence-corrected chi connectivity index (χ4v) is 3.45. The van der Waals surface area contributed by atoms with Gasteiger partial charge in [0.05, 0.1) is 6.54 Å². The van der Waals surface area contributed by atoms with E-state index in [0.29, 0.717) is 0 Å². The summed E-state index contributed by atoms with van der Waals surface area (Å²) in [5, 5.41) is 7.95. The van der Waals surface area contributed by atoms with Crippen LogP contribution in [0.15, 0.2) is 4.99 Å². The summed E-state index contributed by atoms with van der Waals surface area (Å²) in [6.45, 7) is 17.2. The lowest BCUT2D eigenvalue weighted by Gasteiger charge is -2.36. The molecule has 2 heterocycles. The van der Waals surface area contributed by atoms with Gasteiger partial charge in [0.25, 0.3) is 0 Å². The monoisotopic (exact) mass is 495 g/mol. The fraction of sp³-hybridized carbons (Fsp3) is 0.824. The van der Waals surface area contributed by atoms with Crippen LogP contribution in [-0.4, -0.2) is 71.6 Å². The molecule has 0 unspecified atom stereocenters. The maximum absolute atomic E-state index is 4.78. The van der Waals surface area contributed by atoms with Crippen LogP contribution in [0.4, 0.5) is 5.13 Å². The summed E-state index contributed by atoms with van der Waals surface area (Å²) in [5.41, 5.74) is 0.137. The van der Waals surface area contributed by atoms with Crippen molar-refractivity contribution in [1.29, 1.82) is 0 Å². The van der Waals surface area contributed by atoms with E-state index in [1.807, 2.05) is 0 Å². The van der Waals surface area contributed by atoms with Gasteiger partial charge in [0.2, 0.25) is 5.13 Å². The zero-order valence-corrected chi connectivity index (χ0v) is 19.9. The van der Waals surface area contributed by atoms with Gasteiger partial charge in [-0.3, -0.25) is 4.99 Å². The van der Waals surface area contributed by atoms with Crippen LogP contribution in [0, 0.1) is 0 Å². The molecule has 1 aromatic rings. The predicted octanol–water partition coefficient (Wildman–Crippen LogP) is 2.19. The topological polar surface area (TPSA) is 68.7 Å². The zero-order valence-electron chi connectivity index (χ0n) is 16.7. The van der Waals surface area contributed by atoms with Crippen molar-refractivity contribution in [1.82, 2.24) is 24.9 Å². The highest BCUT2D eigenvalue weighted by atomic mass is 127. The molecule has 0 saturated carbocycles. The van der Waals surface area contributed by atoms with Gasteiger partial charge in [-0.1, -0.05) is 6.92 Å². The lowest BCUT2D eigenvalue weighted by atomic mass is 10.1. The minimum Gasteiger partial charge on any atom is -0.357 e. The van der Waals surface area contributed by atoms with Gasteiger partial charge < -0.3 is 20.4 Å². The number of piperazine rings is 1. The molecule has 2 rings (SSSR count). The summed E-state index contributed by atoms with van der Waals surface area (Å²) in [6.07, 6.45) is 0.899. The van der Waals surface area contributed by atoms with Crippen LogP contribution in [0.5, 0.6) is 0 Å². The third-order valence-electron chi connectivity index (χ3n) is 3.99. The van der Waals surface area contributed by atoms with E-state index in [9.17, 15) is 0 Å². The number of nitrogens with zero attached hydrogens (tertiary/aromatic N) is 5. The third-order valence-corrected chi connectivity index (χ3v) is 4.80. The summed E-state index contributed by atoms with van der Waals surface area (Å²) >= 11 is 1.51. The largest absolute Gasteiger partial charge is 0.357 e. The fourth-order valence-electron chi connectivity index (χ4n) is 2.64. The van der Waals surface area contributed by atoms with E-state index in [4.69, 9.17) is 4.99 Å². The molecule has 0 atom stereocenters. The number of hydrogen-bond donors (Lipinski definition) is 2. The zero-order chi connectivity index (χ0) is 18.3. The number of guanidine groups is 1. The smallest absolute Gasteiger partial charge is 0.205 e. The standard InChI is InChI=1S/C17H33N7S.HI/c1-6-14-21-16(25-22-14)24-12-10-23(11-13-24)15(18-7-2)19-8-9-20-17(3,4)5;/h20H,6-13H2,1-5H3,(H,18,19);1H. The lowest BCUT2D eigenvalue weighted by molar-refractivity contribution is 0.371. The predicted molar refractivity (Wildman–Crippen MR) is 122 cm³/mol. The van der Waals surface area contributed by atoms with Gasteiger partial charge in [-0.05, 0) is 27.7 Å². The average molecular weight is 495 g/mol. The maximum atomic E-state index is 4.78. The van der Waals surface area contributed by atoms with E-state index in [1.54, 1.807) is 0 Å². The quantitative estimate of drug-likeness (QED) is 0.273. The Balaban J connectivity index is 0.00000338. The van der Waals surface area contributed by atoms with Crippen molar-refractivity contribution < 1.29 is 0 Å². The molecule has 1 aromatic heterocycles. The summed E-state index contributed by atoms with van der Waals surface area (Å²) < 4.78 is 4.40. The number of halogens is 1. The average Bonchev–Trinajstić information content (AvgIpc) is 3.06. The van der Waals surface area contributed by atoms with Gasteiger partial charge in [0.15, 0.2) is 5.96 Å². The second-order valence-electron chi connectivity index (χ2n) is 7.23. The minimum atomic E-state index is 0. The molecule has 1 aliphatic heterocycles. The van der Waals surface area contributed by atoms with Gasteiger partial charge in [0, 0.05) is 62.8 Å². The first kappa shape index (κ1) is 23.4. The molecule has 0 amide bonds. The van der Waals surface area contributed by atoms with E-state index in [0.717, 1.165) is 69.1 Å². The third kappa shape index (κ3) is 7.51. The first-order valence-electron chi connectivity index (χ1n) is 9.28. The molecule has 9 heteroatoms. The highest BCUT2D eigenvalue weighted by Crippen LogP contribution is 2.19. The van der Waals surface area contributed by atoms with Crippen molar-refractivity contribution in [3.63, 3.8) is 0 Å². The van der Waals surface area contributed by atoms with Crippen LogP contribution < -0.4 is 15.5 Å². The molecule has 0 bridgehead atoms. The molecule has 0 radical (unpaired) electrons. The number of aliphatic imine (C=N–C) groups is 1. The van der Waals surface area contributed by atoms with Crippen LogP contribution in [-0.2, 0) is 6.42 Å². The molecule has 150 valence electrons. The number of rotatable bonds is 6. The second-order valence-corrected chi connectivity index (χ2v) is 7.96. The van der Waals surface area contributed by atoms with Crippen LogP contribution in [0.2, 0.25) is 0 Å². The maximum Gasteiger partial charge on any atom is 0.205 e. The minimum absolute atomic E-state index is 0. The SMILES string of the molecule is CCNC(=NCCNC(C)(C)C)N1CCN(c2nc(CC)ns2)CC1.I. The van der Waals surface area contributed by atoms with Crippen molar-refractivity contribution >= 4 is 46.6 Å². The molecule has 1 saturated heterocycles. The van der Waals surface area contributed by atoms with Crippen LogP contribution in [0.1, 0.15) is 40.4 Å². The number of aryl methyl sites for hydroxylation is 1. The van der Waals surface area contributed by atoms with E-state index in [2.05, 4.69) is 64.4 Å². The first-order valence-corrected chi connectivity index (χ1v) is 10.1. The molecule has 0 spiro atoms. The molecule has 0 aromatic carbocycles. The van der Waals surface area contributed by atoms with Gasteiger partial charge in [-0.2, -0.15) is 4.37 Å². The molecule has 0 aliphatic carbocycles. The van der Waals surface area contributed by atoms with E-state index in [1.165, 1.54) is 11.5 Å². The summed E-state index contributed by atoms with van der Waals surface area (Å²) in [6, 6.07) is 0. The Labute approximate surface area is 179 Å². The Morgan fingerprint density at radius 3 is 2.42 bits per heavy atom. The normalized spacial score (nSPS) is 15.8. The number of nitrogens with one attached hydrogen (secondary N) is 2. The van der Waals surface area contributed by atoms with Crippen LogP contribution >= 0.6 is 35.5 Å². The van der Waals surface area contributed by atoms with Crippen molar-refractivity contribution in [2.45, 2.75) is 46.6 Å². The number of hydrogen-bond acceptors (Lipinski definition) is 6. The highest BCUT2D eigenvalue weighted by Gasteiger charge is 2.22. The highest BCUT2D eigenvalue weighted by molar-refractivity contribution is 14.0. The van der Waals surface area contributed by atoms with Crippen LogP contribution in [0.3, 0.4) is 0 Å². The van der Waals surface area contributed by atoms with Crippen molar-refractivity contribution in [3.8, 4) is 0 Å². The Kier molecular flexibility index (Phi) is 10.1. The van der Waals surface area contributed by atoms with Gasteiger partial charge in [0.1, 0.15) is 5.82 Å². The van der Waals surface area contributed by atoms with Crippen molar-refractivity contribution in [3.05, 3.63) is 5.82 Å². The van der Waals surface area contributed by atoms with Crippen molar-refractivity contribution in [2.75, 3.05) is 50.7 Å². The first-order chi connectivity index (χ1) is 11.9. The Morgan fingerprint density at radius 1 is 1.19 bits per heavy atom. The Morgan fingerprint density at radius 2 is 1.88 bits per heavy atom. The van der Waals surface area contributed by atoms with Gasteiger partial charge >= 0.3 is 0 Å². The van der Waals surface area contributed by atoms with Gasteiger partial charge in [-0.25, -0.2) is 4.98 Å². The van der Waals surface area contributed by atoms with Crippen molar-refractivity contribution in [2.24, 2.45) is 4.99 Å². The van der Waals surface area contributed by atoms with E-state index >= 15 is 0 Å². The van der Waals surface area contributed by atoms with E-state index < -0.39 is 0 Å². The van der Waals surface area contributed by atoms with E-state index in [-0.39, 0.29) is 29.5 Å². The molecular weight excluding hydrogens is 461 g/mol. The summed E-state index contributed by atoms with van der Waals surface area (Å²) in [7, 11) is 0. The van der Waals surface area contributed by atoms with Gasteiger partial charge in [-0.15, -0.1) is 24.0 Å². The molecule has 7 nitrogen and oxygen atoms in total. The number of aromatic nitrogens is 2. The van der Waals surface area contributed by atoms with Crippen LogP contribution in [0.25, 0.3) is 0 Å². The molecule has 1 fully saturated rings.